The third kappa shape index (κ3) is 37.9. The maximum absolute atomic E-state index is 5.83. The Labute approximate surface area is 254 Å². The van der Waals surface area contributed by atoms with Crippen LogP contribution in [0.5, 0.6) is 0 Å². The van der Waals surface area contributed by atoms with Crippen molar-refractivity contribution in [2.75, 3.05) is 26.4 Å². The molecule has 2 heteroatoms. The van der Waals surface area contributed by atoms with Crippen molar-refractivity contribution in [1.29, 1.82) is 0 Å². The second-order valence-electron chi connectivity index (χ2n) is 12.8. The van der Waals surface area contributed by atoms with Gasteiger partial charge in [-0.05, 0) is 25.7 Å². The lowest BCUT2D eigenvalue weighted by molar-refractivity contribution is 0.0991. The summed E-state index contributed by atoms with van der Waals surface area (Å²) in [6, 6.07) is 0. The molecule has 0 heterocycles. The topological polar surface area (TPSA) is 18.5 Å². The van der Waals surface area contributed by atoms with Crippen molar-refractivity contribution in [3.8, 4) is 0 Å². The molecule has 2 nitrogen and oxygen atoms in total. The van der Waals surface area contributed by atoms with Crippen LogP contribution in [0.2, 0.25) is 0 Å². The molecule has 0 aliphatic rings. The second-order valence-corrected chi connectivity index (χ2v) is 12.8. The van der Waals surface area contributed by atoms with Gasteiger partial charge in [0.05, 0.1) is 0 Å². The summed E-state index contributed by atoms with van der Waals surface area (Å²) in [4.78, 5) is 0. The van der Waals surface area contributed by atoms with Gasteiger partial charge in [-0.2, -0.15) is 0 Å². The molecule has 0 amide bonds. The third-order valence-electron chi connectivity index (χ3n) is 8.61. The summed E-state index contributed by atoms with van der Waals surface area (Å²) in [5, 5.41) is 0. The van der Waals surface area contributed by atoms with E-state index in [1.165, 1.54) is 193 Å². The van der Waals surface area contributed by atoms with Gasteiger partial charge in [0.15, 0.2) is 0 Å². The monoisotopic (exact) mass is 567 g/mol. The maximum atomic E-state index is 5.83. The highest BCUT2D eigenvalue weighted by atomic mass is 16.5. The summed E-state index contributed by atoms with van der Waals surface area (Å²) < 4.78 is 11.7. The molecule has 0 fully saturated rings. The lowest BCUT2D eigenvalue weighted by Gasteiger charge is -2.06. The first-order valence-electron chi connectivity index (χ1n) is 19.1. The Morgan fingerprint density at radius 1 is 0.200 bits per heavy atom. The van der Waals surface area contributed by atoms with E-state index in [9.17, 15) is 0 Å². The summed E-state index contributed by atoms with van der Waals surface area (Å²) >= 11 is 0. The van der Waals surface area contributed by atoms with Gasteiger partial charge in [-0.3, -0.25) is 0 Å². The number of unbranched alkanes of at least 4 members (excludes halogenated alkanes) is 29. The number of hydrogen-bond donors (Lipinski definition) is 0. The largest absolute Gasteiger partial charge is 0.381 e. The van der Waals surface area contributed by atoms with Gasteiger partial charge in [0.2, 0.25) is 0 Å². The Balaban J connectivity index is 3.01. The van der Waals surface area contributed by atoms with Gasteiger partial charge in [0, 0.05) is 26.4 Å². The fraction of sp³-hybridized carbons (Fsp3) is 1.00. The van der Waals surface area contributed by atoms with Crippen LogP contribution in [-0.4, -0.2) is 26.4 Å². The van der Waals surface area contributed by atoms with Gasteiger partial charge >= 0.3 is 0 Å². The standard InChI is InChI=1S/C38H78O2/c1-3-5-7-9-11-13-15-17-19-21-23-25-27-29-31-35-39-37-33-34-38-40-36-32-30-28-26-24-22-20-18-16-14-12-10-8-6-4-2/h3-38H2,1-2H3. The second kappa shape index (κ2) is 38.9. The highest BCUT2D eigenvalue weighted by molar-refractivity contribution is 4.51. The average Bonchev–Trinajstić information content (AvgIpc) is 2.97. The van der Waals surface area contributed by atoms with Gasteiger partial charge in [-0.15, -0.1) is 0 Å². The first-order valence-corrected chi connectivity index (χ1v) is 19.1. The van der Waals surface area contributed by atoms with Gasteiger partial charge in [-0.25, -0.2) is 0 Å². The number of hydrogen-bond acceptors (Lipinski definition) is 2. The maximum Gasteiger partial charge on any atom is 0.0466 e. The fourth-order valence-electron chi connectivity index (χ4n) is 5.76. The Morgan fingerprint density at radius 2 is 0.350 bits per heavy atom. The number of rotatable bonds is 37. The molecule has 0 unspecified atom stereocenters. The summed E-state index contributed by atoms with van der Waals surface area (Å²) in [7, 11) is 0. The summed E-state index contributed by atoms with van der Waals surface area (Å²) in [5.41, 5.74) is 0. The van der Waals surface area contributed by atoms with Crippen molar-refractivity contribution in [2.24, 2.45) is 0 Å². The van der Waals surface area contributed by atoms with Crippen molar-refractivity contribution >= 4 is 0 Å². The average molecular weight is 567 g/mol. The van der Waals surface area contributed by atoms with Gasteiger partial charge in [0.25, 0.3) is 0 Å². The Bertz CT molecular complexity index is 372. The molecule has 0 saturated heterocycles. The molecule has 0 saturated carbocycles. The molecule has 0 rings (SSSR count). The van der Waals surface area contributed by atoms with Crippen molar-refractivity contribution in [3.05, 3.63) is 0 Å². The molecular weight excluding hydrogens is 488 g/mol. The van der Waals surface area contributed by atoms with Gasteiger partial charge < -0.3 is 9.47 Å². The van der Waals surface area contributed by atoms with Crippen LogP contribution < -0.4 is 0 Å². The van der Waals surface area contributed by atoms with E-state index in [-0.39, 0.29) is 0 Å². The normalized spacial score (nSPS) is 11.6. The molecule has 0 N–H and O–H groups in total. The molecule has 0 aromatic heterocycles. The Kier molecular flexibility index (Phi) is 38.8. The predicted molar refractivity (Wildman–Crippen MR) is 181 cm³/mol. The van der Waals surface area contributed by atoms with Crippen LogP contribution in [0.15, 0.2) is 0 Å². The van der Waals surface area contributed by atoms with Crippen molar-refractivity contribution in [1.82, 2.24) is 0 Å². The van der Waals surface area contributed by atoms with Crippen LogP contribution in [0.3, 0.4) is 0 Å². The van der Waals surface area contributed by atoms with Crippen LogP contribution in [0.4, 0.5) is 0 Å². The quantitative estimate of drug-likeness (QED) is 0.0696. The van der Waals surface area contributed by atoms with Crippen LogP contribution in [0, 0.1) is 0 Å². The molecule has 0 aromatic rings. The highest BCUT2D eigenvalue weighted by Crippen LogP contribution is 2.15. The molecule has 40 heavy (non-hydrogen) atoms. The van der Waals surface area contributed by atoms with Crippen molar-refractivity contribution in [3.63, 3.8) is 0 Å². The molecule has 242 valence electrons. The van der Waals surface area contributed by atoms with Crippen LogP contribution in [0.25, 0.3) is 0 Å². The molecule has 0 spiro atoms. The molecule has 0 aromatic carbocycles. The lowest BCUT2D eigenvalue weighted by atomic mass is 10.0. The van der Waals surface area contributed by atoms with E-state index in [1.54, 1.807) is 0 Å². The molecular formula is C38H78O2. The SMILES string of the molecule is CCCCCCCCCCCCCCCCCOCCCCOCCCCCCCCCCCCCCCCC. The molecule has 0 radical (unpaired) electrons. The van der Waals surface area contributed by atoms with Crippen LogP contribution in [-0.2, 0) is 9.47 Å². The predicted octanol–water partition coefficient (Wildman–Crippen LogP) is 13.5. The van der Waals surface area contributed by atoms with E-state index in [4.69, 9.17) is 9.47 Å². The minimum absolute atomic E-state index is 0.918. The molecule has 0 atom stereocenters. The van der Waals surface area contributed by atoms with E-state index < -0.39 is 0 Å². The minimum Gasteiger partial charge on any atom is -0.381 e. The summed E-state index contributed by atoms with van der Waals surface area (Å²) in [6.45, 7) is 8.35. The summed E-state index contributed by atoms with van der Waals surface area (Å²) in [6.07, 6.45) is 45.0. The smallest absolute Gasteiger partial charge is 0.0466 e. The zero-order valence-electron chi connectivity index (χ0n) is 28.3. The highest BCUT2D eigenvalue weighted by Gasteiger charge is 1.97. The zero-order chi connectivity index (χ0) is 28.9. The van der Waals surface area contributed by atoms with Crippen molar-refractivity contribution < 1.29 is 9.47 Å². The number of ether oxygens (including phenoxy) is 2. The zero-order valence-corrected chi connectivity index (χ0v) is 28.3. The third-order valence-corrected chi connectivity index (χ3v) is 8.61. The summed E-state index contributed by atoms with van der Waals surface area (Å²) in [5.74, 6) is 0. The first-order chi connectivity index (χ1) is 19.9. The fourth-order valence-corrected chi connectivity index (χ4v) is 5.76. The van der Waals surface area contributed by atoms with E-state index in [1.807, 2.05) is 0 Å². The molecule has 0 aliphatic carbocycles. The van der Waals surface area contributed by atoms with Crippen molar-refractivity contribution in [2.45, 2.75) is 219 Å². The van der Waals surface area contributed by atoms with E-state index >= 15 is 0 Å². The minimum atomic E-state index is 0.918. The Hall–Kier alpha value is -0.0800. The molecule has 0 bridgehead atoms. The Morgan fingerprint density at radius 3 is 0.550 bits per heavy atom. The van der Waals surface area contributed by atoms with E-state index in [0.29, 0.717) is 0 Å². The van der Waals surface area contributed by atoms with Crippen LogP contribution >= 0.6 is 0 Å². The van der Waals surface area contributed by atoms with Gasteiger partial charge in [-0.1, -0.05) is 194 Å². The van der Waals surface area contributed by atoms with Crippen LogP contribution in [0.1, 0.15) is 219 Å². The first kappa shape index (κ1) is 39.9. The van der Waals surface area contributed by atoms with Gasteiger partial charge in [0.1, 0.15) is 0 Å². The van der Waals surface area contributed by atoms with E-state index in [2.05, 4.69) is 13.8 Å². The molecule has 0 aliphatic heterocycles. The van der Waals surface area contributed by atoms with E-state index in [0.717, 1.165) is 39.3 Å². The lowest BCUT2D eigenvalue weighted by Crippen LogP contribution is -2.01.